The van der Waals surface area contributed by atoms with Crippen molar-refractivity contribution in [2.24, 2.45) is 17.3 Å². The summed E-state index contributed by atoms with van der Waals surface area (Å²) >= 11 is 0. The van der Waals surface area contributed by atoms with Crippen molar-refractivity contribution in [1.82, 2.24) is 20.4 Å². The summed E-state index contributed by atoms with van der Waals surface area (Å²) in [6, 6.07) is 1.63. The SMILES string of the molecule is CC(C)(C)CCN1CCC(C#N)(NC(=O)NC(=O)C(CC(=O)N2CCOCC2)CC2CCCCC2)C1. The zero-order valence-electron chi connectivity index (χ0n) is 22.4. The summed E-state index contributed by atoms with van der Waals surface area (Å²) in [4.78, 5) is 43.0. The van der Waals surface area contributed by atoms with E-state index >= 15 is 0 Å². The third-order valence-corrected chi connectivity index (χ3v) is 7.83. The lowest BCUT2D eigenvalue weighted by molar-refractivity contribution is -0.139. The first-order chi connectivity index (χ1) is 17.1. The van der Waals surface area contributed by atoms with Gasteiger partial charge in [0.05, 0.1) is 19.3 Å². The van der Waals surface area contributed by atoms with Gasteiger partial charge in [-0.05, 0) is 37.1 Å². The Labute approximate surface area is 216 Å². The average Bonchev–Trinajstić information content (AvgIpc) is 3.26. The zero-order valence-corrected chi connectivity index (χ0v) is 22.4. The number of urea groups is 1. The highest BCUT2D eigenvalue weighted by Gasteiger charge is 2.40. The van der Waals surface area contributed by atoms with Gasteiger partial charge in [-0.25, -0.2) is 4.79 Å². The van der Waals surface area contributed by atoms with Gasteiger partial charge < -0.3 is 15.0 Å². The number of nitrogens with zero attached hydrogens (tertiary/aromatic N) is 3. The third-order valence-electron chi connectivity index (χ3n) is 7.83. The number of carbonyl (C=O) groups is 3. The Hall–Kier alpha value is -2.18. The lowest BCUT2D eigenvalue weighted by Crippen LogP contribution is -2.55. The van der Waals surface area contributed by atoms with Crippen LogP contribution in [0.2, 0.25) is 0 Å². The van der Waals surface area contributed by atoms with E-state index in [0.29, 0.717) is 51.6 Å². The fraction of sp³-hybridized carbons (Fsp3) is 0.852. The molecule has 9 nitrogen and oxygen atoms in total. The van der Waals surface area contributed by atoms with Gasteiger partial charge in [0.1, 0.15) is 5.54 Å². The number of nitrogens with one attached hydrogen (secondary N) is 2. The second-order valence-corrected chi connectivity index (χ2v) is 12.1. The summed E-state index contributed by atoms with van der Waals surface area (Å²) in [5.74, 6) is -0.644. The molecule has 3 fully saturated rings. The Kier molecular flexibility index (Phi) is 10.1. The molecular formula is C27H45N5O4. The van der Waals surface area contributed by atoms with E-state index in [-0.39, 0.29) is 17.7 Å². The number of rotatable bonds is 8. The normalized spacial score (nSPS) is 24.7. The van der Waals surface area contributed by atoms with Crippen molar-refractivity contribution in [2.75, 3.05) is 45.9 Å². The van der Waals surface area contributed by atoms with Crippen molar-refractivity contribution in [2.45, 2.75) is 84.1 Å². The van der Waals surface area contributed by atoms with Gasteiger partial charge in [0.15, 0.2) is 0 Å². The first-order valence-corrected chi connectivity index (χ1v) is 13.7. The summed E-state index contributed by atoms with van der Waals surface area (Å²) in [6.45, 7) is 10.7. The molecule has 202 valence electrons. The highest BCUT2D eigenvalue weighted by molar-refractivity contribution is 5.97. The molecule has 2 N–H and O–H groups in total. The third kappa shape index (κ3) is 8.74. The number of morpholine rings is 1. The van der Waals surface area contributed by atoms with E-state index < -0.39 is 23.4 Å². The maximum absolute atomic E-state index is 13.2. The van der Waals surface area contributed by atoms with Crippen molar-refractivity contribution in [3.8, 4) is 6.07 Å². The van der Waals surface area contributed by atoms with Crippen LogP contribution >= 0.6 is 0 Å². The molecule has 0 spiro atoms. The molecule has 0 aromatic rings. The summed E-state index contributed by atoms with van der Waals surface area (Å²) in [5.41, 5.74) is -0.814. The van der Waals surface area contributed by atoms with Crippen LogP contribution in [0.25, 0.3) is 0 Å². The molecule has 0 bridgehead atoms. The number of imide groups is 1. The Balaban J connectivity index is 1.58. The fourth-order valence-corrected chi connectivity index (χ4v) is 5.52. The largest absolute Gasteiger partial charge is 0.378 e. The van der Waals surface area contributed by atoms with Crippen LogP contribution in [0.3, 0.4) is 0 Å². The summed E-state index contributed by atoms with van der Waals surface area (Å²) in [5, 5.41) is 15.1. The second-order valence-electron chi connectivity index (χ2n) is 12.1. The predicted octanol–water partition coefficient (Wildman–Crippen LogP) is 3.05. The van der Waals surface area contributed by atoms with Crippen LogP contribution in [-0.2, 0) is 14.3 Å². The van der Waals surface area contributed by atoms with Crippen LogP contribution in [-0.4, -0.2) is 79.1 Å². The van der Waals surface area contributed by atoms with Crippen LogP contribution in [0.1, 0.15) is 78.6 Å². The van der Waals surface area contributed by atoms with E-state index in [1.165, 1.54) is 6.42 Å². The molecule has 1 aliphatic carbocycles. The van der Waals surface area contributed by atoms with Crippen molar-refractivity contribution in [1.29, 1.82) is 5.26 Å². The number of hydrogen-bond acceptors (Lipinski definition) is 6. The maximum Gasteiger partial charge on any atom is 0.322 e. The Morgan fingerprint density at radius 2 is 1.81 bits per heavy atom. The minimum absolute atomic E-state index is 0.0616. The first-order valence-electron chi connectivity index (χ1n) is 13.7. The molecule has 3 aliphatic rings. The molecule has 2 unspecified atom stereocenters. The van der Waals surface area contributed by atoms with Crippen molar-refractivity contribution < 1.29 is 19.1 Å². The van der Waals surface area contributed by atoms with Crippen LogP contribution in [0.5, 0.6) is 0 Å². The standard InChI is InChI=1S/C27H45N5O4/c1-26(2,3)9-11-31-12-10-27(19-28,20-31)30-25(35)29-24(34)22(17-21-7-5-4-6-8-21)18-23(33)32-13-15-36-16-14-32/h21-22H,4-18,20H2,1-3H3,(H2,29,30,34,35). The smallest absolute Gasteiger partial charge is 0.322 e. The van der Waals surface area contributed by atoms with Gasteiger partial charge in [0, 0.05) is 38.5 Å². The van der Waals surface area contributed by atoms with E-state index in [1.54, 1.807) is 4.90 Å². The number of likely N-dealkylation sites (tertiary alicyclic amines) is 1. The van der Waals surface area contributed by atoms with Crippen LogP contribution in [0.4, 0.5) is 4.79 Å². The number of ether oxygens (including phenoxy) is 1. The molecular weight excluding hydrogens is 458 g/mol. The van der Waals surface area contributed by atoms with E-state index in [9.17, 15) is 19.6 Å². The number of nitriles is 1. The van der Waals surface area contributed by atoms with Gasteiger partial charge >= 0.3 is 6.03 Å². The minimum atomic E-state index is -1.01. The van der Waals surface area contributed by atoms with Gasteiger partial charge in [-0.1, -0.05) is 52.9 Å². The minimum Gasteiger partial charge on any atom is -0.378 e. The Morgan fingerprint density at radius 1 is 1.11 bits per heavy atom. The molecule has 2 aliphatic heterocycles. The van der Waals surface area contributed by atoms with Crippen LogP contribution < -0.4 is 10.6 Å². The van der Waals surface area contributed by atoms with Crippen molar-refractivity contribution in [3.05, 3.63) is 0 Å². The number of amides is 4. The molecule has 3 rings (SSSR count). The van der Waals surface area contributed by atoms with Gasteiger partial charge in [-0.3, -0.25) is 19.8 Å². The molecule has 4 amide bonds. The zero-order chi connectivity index (χ0) is 26.2. The van der Waals surface area contributed by atoms with E-state index in [2.05, 4.69) is 42.4 Å². The molecule has 2 heterocycles. The fourth-order valence-electron chi connectivity index (χ4n) is 5.52. The lowest BCUT2D eigenvalue weighted by Gasteiger charge is -2.30. The summed E-state index contributed by atoms with van der Waals surface area (Å²) in [7, 11) is 0. The molecule has 36 heavy (non-hydrogen) atoms. The molecule has 2 atom stereocenters. The molecule has 0 aromatic carbocycles. The van der Waals surface area contributed by atoms with Gasteiger partial charge in [-0.15, -0.1) is 0 Å². The van der Waals surface area contributed by atoms with Crippen molar-refractivity contribution >= 4 is 17.8 Å². The van der Waals surface area contributed by atoms with Gasteiger partial charge in [0.2, 0.25) is 11.8 Å². The topological polar surface area (TPSA) is 115 Å². The maximum atomic E-state index is 13.2. The van der Waals surface area contributed by atoms with E-state index in [4.69, 9.17) is 4.74 Å². The summed E-state index contributed by atoms with van der Waals surface area (Å²) < 4.78 is 5.34. The second kappa shape index (κ2) is 12.9. The first kappa shape index (κ1) is 28.4. The quantitative estimate of drug-likeness (QED) is 0.526. The Morgan fingerprint density at radius 3 is 2.44 bits per heavy atom. The molecule has 0 aromatic heterocycles. The number of carbonyl (C=O) groups excluding carboxylic acids is 3. The number of hydrogen-bond donors (Lipinski definition) is 2. The monoisotopic (exact) mass is 503 g/mol. The highest BCUT2D eigenvalue weighted by atomic mass is 16.5. The molecule has 9 heteroatoms. The van der Waals surface area contributed by atoms with E-state index in [1.807, 2.05) is 0 Å². The van der Waals surface area contributed by atoms with E-state index in [0.717, 1.165) is 45.2 Å². The molecule has 2 saturated heterocycles. The molecule has 1 saturated carbocycles. The van der Waals surface area contributed by atoms with Crippen LogP contribution in [0.15, 0.2) is 0 Å². The molecule has 0 radical (unpaired) electrons. The average molecular weight is 504 g/mol. The van der Waals surface area contributed by atoms with Crippen molar-refractivity contribution in [3.63, 3.8) is 0 Å². The lowest BCUT2D eigenvalue weighted by atomic mass is 9.81. The predicted molar refractivity (Wildman–Crippen MR) is 137 cm³/mol. The summed E-state index contributed by atoms with van der Waals surface area (Å²) in [6.07, 6.45) is 7.85. The highest BCUT2D eigenvalue weighted by Crippen LogP contribution is 2.31. The van der Waals surface area contributed by atoms with Gasteiger partial charge in [-0.2, -0.15) is 5.26 Å². The van der Waals surface area contributed by atoms with Gasteiger partial charge in [0.25, 0.3) is 0 Å². The Bertz CT molecular complexity index is 808. The van der Waals surface area contributed by atoms with Crippen LogP contribution in [0, 0.1) is 28.6 Å².